The van der Waals surface area contributed by atoms with Gasteiger partial charge in [0.25, 0.3) is 23.4 Å². The van der Waals surface area contributed by atoms with Crippen LogP contribution in [0.5, 0.6) is 0 Å². The molecule has 0 aliphatic carbocycles. The van der Waals surface area contributed by atoms with Crippen molar-refractivity contribution >= 4 is 34.2 Å². The van der Waals surface area contributed by atoms with E-state index in [2.05, 4.69) is 0 Å². The number of nitro benzene ring substituents is 1. The van der Waals surface area contributed by atoms with Crippen molar-refractivity contribution in [1.29, 1.82) is 0 Å². The van der Waals surface area contributed by atoms with Gasteiger partial charge in [0.05, 0.1) is 11.5 Å². The predicted molar refractivity (Wildman–Crippen MR) is 120 cm³/mol. The molecule has 9 nitrogen and oxygen atoms in total. The van der Waals surface area contributed by atoms with Crippen LogP contribution in [0.1, 0.15) is 37.5 Å². The van der Waals surface area contributed by atoms with Gasteiger partial charge in [-0.3, -0.25) is 29.4 Å². The smallest absolute Gasteiger partial charge is 0.270 e. The van der Waals surface area contributed by atoms with Gasteiger partial charge in [-0.15, -0.1) is 0 Å². The number of non-ortho nitro benzene ring substituents is 1. The Balaban J connectivity index is 1.49. The third-order valence-corrected chi connectivity index (χ3v) is 5.63. The van der Waals surface area contributed by atoms with Gasteiger partial charge in [-0.05, 0) is 30.0 Å². The number of hydrogen-bond acceptors (Lipinski definition) is 6. The van der Waals surface area contributed by atoms with Gasteiger partial charge >= 0.3 is 0 Å². The van der Waals surface area contributed by atoms with E-state index in [4.69, 9.17) is 0 Å². The molecular formula is C24H21N3O6. The van der Waals surface area contributed by atoms with Crippen LogP contribution < -0.4 is 0 Å². The standard InChI is InChI=1S/C24H21N3O6/c28-14-13-25(22(29)17-7-1-8-18(15-17)27(32)33)11-4-12-26-23(30)19-9-2-5-16-6-3-10-20(21(16)19)24(26)31/h1-3,5-10,15,28H,4,11-14H2. The first-order valence-corrected chi connectivity index (χ1v) is 10.4. The van der Waals surface area contributed by atoms with Gasteiger partial charge in [0.2, 0.25) is 0 Å². The average molecular weight is 447 g/mol. The SMILES string of the molecule is O=C(c1cccc([N+](=O)[O-])c1)N(CCO)CCCN1C(=O)c2cccc3cccc(c23)C1=O. The second-order valence-corrected chi connectivity index (χ2v) is 7.65. The van der Waals surface area contributed by atoms with Crippen molar-refractivity contribution in [3.63, 3.8) is 0 Å². The highest BCUT2D eigenvalue weighted by molar-refractivity contribution is 6.25. The molecule has 3 aromatic carbocycles. The number of amides is 3. The Morgan fingerprint density at radius 3 is 2.21 bits per heavy atom. The van der Waals surface area contributed by atoms with Gasteiger partial charge in [0.1, 0.15) is 0 Å². The lowest BCUT2D eigenvalue weighted by molar-refractivity contribution is -0.384. The van der Waals surface area contributed by atoms with Crippen molar-refractivity contribution in [1.82, 2.24) is 9.80 Å². The minimum absolute atomic E-state index is 0.0194. The highest BCUT2D eigenvalue weighted by Gasteiger charge is 2.32. The number of nitrogens with zero attached hydrogens (tertiary/aromatic N) is 3. The lowest BCUT2D eigenvalue weighted by Gasteiger charge is -2.28. The molecule has 9 heteroatoms. The minimum Gasteiger partial charge on any atom is -0.395 e. The van der Waals surface area contributed by atoms with E-state index >= 15 is 0 Å². The normalized spacial score (nSPS) is 12.8. The summed E-state index contributed by atoms with van der Waals surface area (Å²) in [6.07, 6.45) is 0.288. The average Bonchev–Trinajstić information content (AvgIpc) is 2.83. The summed E-state index contributed by atoms with van der Waals surface area (Å²) >= 11 is 0. The second-order valence-electron chi connectivity index (χ2n) is 7.65. The first-order valence-electron chi connectivity index (χ1n) is 10.4. The molecule has 3 aromatic rings. The molecule has 1 aliphatic heterocycles. The molecular weight excluding hydrogens is 426 g/mol. The van der Waals surface area contributed by atoms with Crippen molar-refractivity contribution in [2.75, 3.05) is 26.2 Å². The first kappa shape index (κ1) is 22.1. The molecule has 0 spiro atoms. The Morgan fingerprint density at radius 1 is 0.970 bits per heavy atom. The van der Waals surface area contributed by atoms with Crippen molar-refractivity contribution in [2.45, 2.75) is 6.42 Å². The van der Waals surface area contributed by atoms with Crippen LogP contribution in [0.4, 0.5) is 5.69 Å². The number of carbonyl (C=O) groups is 3. The van der Waals surface area contributed by atoms with Gasteiger partial charge in [-0.25, -0.2) is 0 Å². The topological polar surface area (TPSA) is 121 Å². The van der Waals surface area contributed by atoms with Crippen LogP contribution >= 0.6 is 0 Å². The molecule has 33 heavy (non-hydrogen) atoms. The molecule has 3 amide bonds. The van der Waals surface area contributed by atoms with Crippen molar-refractivity contribution < 1.29 is 24.4 Å². The van der Waals surface area contributed by atoms with Gasteiger partial charge in [-0.2, -0.15) is 0 Å². The number of carbonyl (C=O) groups excluding carboxylic acids is 3. The maximum Gasteiger partial charge on any atom is 0.270 e. The number of rotatable bonds is 8. The van der Waals surface area contributed by atoms with E-state index in [1.807, 2.05) is 12.1 Å². The molecule has 0 saturated carbocycles. The molecule has 1 N–H and O–H groups in total. The molecule has 0 bridgehead atoms. The van der Waals surface area contributed by atoms with Crippen LogP contribution in [0.15, 0.2) is 60.7 Å². The zero-order chi connectivity index (χ0) is 23.5. The summed E-state index contributed by atoms with van der Waals surface area (Å²) in [6.45, 7) is -0.0271. The maximum atomic E-state index is 13.0. The molecule has 0 atom stereocenters. The summed E-state index contributed by atoms with van der Waals surface area (Å²) in [7, 11) is 0. The molecule has 168 valence electrons. The van der Waals surface area contributed by atoms with Crippen LogP contribution in [0.25, 0.3) is 10.8 Å². The van der Waals surface area contributed by atoms with Crippen LogP contribution in [0.2, 0.25) is 0 Å². The van der Waals surface area contributed by atoms with E-state index in [9.17, 15) is 29.6 Å². The van der Waals surface area contributed by atoms with Crippen molar-refractivity contribution in [3.8, 4) is 0 Å². The monoisotopic (exact) mass is 447 g/mol. The Kier molecular flexibility index (Phi) is 6.14. The largest absolute Gasteiger partial charge is 0.395 e. The number of hydrogen-bond donors (Lipinski definition) is 1. The van der Waals surface area contributed by atoms with Crippen molar-refractivity contribution in [3.05, 3.63) is 87.5 Å². The summed E-state index contributed by atoms with van der Waals surface area (Å²) in [5.41, 5.74) is 0.843. The van der Waals surface area contributed by atoms with E-state index in [0.29, 0.717) is 16.5 Å². The van der Waals surface area contributed by atoms with Gasteiger partial charge in [0, 0.05) is 53.8 Å². The molecule has 0 aromatic heterocycles. The fraction of sp³-hybridized carbons (Fsp3) is 0.208. The molecule has 0 radical (unpaired) electrons. The number of aliphatic hydroxyl groups is 1. The molecule has 0 saturated heterocycles. The fourth-order valence-electron chi connectivity index (χ4n) is 4.07. The second kappa shape index (κ2) is 9.17. The highest BCUT2D eigenvalue weighted by atomic mass is 16.6. The summed E-state index contributed by atoms with van der Waals surface area (Å²) in [4.78, 5) is 51.8. The number of imide groups is 1. The van der Waals surface area contributed by atoms with Crippen LogP contribution in [-0.4, -0.2) is 63.8 Å². The van der Waals surface area contributed by atoms with Gasteiger partial charge in [-0.1, -0.05) is 30.3 Å². The Bertz CT molecular complexity index is 1220. The maximum absolute atomic E-state index is 13.0. The Hall–Kier alpha value is -4.11. The number of benzene rings is 3. The van der Waals surface area contributed by atoms with E-state index in [1.54, 1.807) is 24.3 Å². The van der Waals surface area contributed by atoms with E-state index in [0.717, 1.165) is 5.39 Å². The van der Waals surface area contributed by atoms with Gasteiger partial charge < -0.3 is 10.0 Å². The van der Waals surface area contributed by atoms with Crippen LogP contribution in [-0.2, 0) is 0 Å². The number of nitro groups is 1. The zero-order valence-corrected chi connectivity index (χ0v) is 17.6. The Morgan fingerprint density at radius 2 is 1.61 bits per heavy atom. The van der Waals surface area contributed by atoms with Crippen LogP contribution in [0.3, 0.4) is 0 Å². The highest BCUT2D eigenvalue weighted by Crippen LogP contribution is 2.30. The lowest BCUT2D eigenvalue weighted by Crippen LogP contribution is -2.42. The van der Waals surface area contributed by atoms with E-state index in [-0.39, 0.29) is 55.7 Å². The molecule has 4 rings (SSSR count). The summed E-state index contributed by atoms with van der Waals surface area (Å²) in [6, 6.07) is 16.0. The lowest BCUT2D eigenvalue weighted by atomic mass is 9.94. The first-order chi connectivity index (χ1) is 15.9. The Labute approximate surface area is 189 Å². The third-order valence-electron chi connectivity index (χ3n) is 5.63. The summed E-state index contributed by atoms with van der Waals surface area (Å²) in [5.74, 6) is -1.25. The van der Waals surface area contributed by atoms with E-state index in [1.165, 1.54) is 34.1 Å². The quantitative estimate of drug-likeness (QED) is 0.322. The van der Waals surface area contributed by atoms with E-state index < -0.39 is 10.8 Å². The fourth-order valence-corrected chi connectivity index (χ4v) is 4.07. The summed E-state index contributed by atoms with van der Waals surface area (Å²) in [5, 5.41) is 21.9. The summed E-state index contributed by atoms with van der Waals surface area (Å²) < 4.78 is 0. The zero-order valence-electron chi connectivity index (χ0n) is 17.6. The third kappa shape index (κ3) is 4.18. The minimum atomic E-state index is -0.584. The molecule has 0 fully saturated rings. The van der Waals surface area contributed by atoms with Crippen LogP contribution in [0, 0.1) is 10.1 Å². The molecule has 1 heterocycles. The predicted octanol–water partition coefficient (Wildman–Crippen LogP) is 2.87. The van der Waals surface area contributed by atoms with Gasteiger partial charge in [0.15, 0.2) is 0 Å². The van der Waals surface area contributed by atoms with Crippen molar-refractivity contribution in [2.24, 2.45) is 0 Å². The molecule has 1 aliphatic rings. The number of aliphatic hydroxyl groups excluding tert-OH is 1. The molecule has 0 unspecified atom stereocenters.